The highest BCUT2D eigenvalue weighted by atomic mass is 32.1. The van der Waals surface area contributed by atoms with Crippen LogP contribution in [0.25, 0.3) is 5.65 Å². The van der Waals surface area contributed by atoms with Gasteiger partial charge in [-0.15, -0.1) is 10.2 Å². The van der Waals surface area contributed by atoms with Gasteiger partial charge < -0.3 is 9.14 Å². The van der Waals surface area contributed by atoms with Crippen LogP contribution in [0.5, 0.6) is 5.75 Å². The number of pyridine rings is 1. The molecule has 0 saturated carbocycles. The van der Waals surface area contributed by atoms with E-state index in [1.807, 2.05) is 41.9 Å². The first kappa shape index (κ1) is 20.0. The number of carbonyl (C=O) groups is 1. The largest absolute Gasteiger partial charge is 0.487 e. The fraction of sp³-hybridized carbons (Fsp3) is 0.273. The second-order valence-corrected chi connectivity index (χ2v) is 9.11. The van der Waals surface area contributed by atoms with Crippen LogP contribution in [0.15, 0.2) is 48.8 Å². The summed E-state index contributed by atoms with van der Waals surface area (Å²) in [5.74, 6) is 0.351. The molecule has 1 amide bonds. The zero-order chi connectivity index (χ0) is 21.3. The fourth-order valence-electron chi connectivity index (χ4n) is 2.86. The lowest BCUT2D eigenvalue weighted by atomic mass is 9.98. The second-order valence-electron chi connectivity index (χ2n) is 8.14. The monoisotopic (exact) mass is 421 g/mol. The molecule has 0 aliphatic heterocycles. The van der Waals surface area contributed by atoms with E-state index in [0.29, 0.717) is 23.1 Å². The Labute approximate surface area is 178 Å². The maximum absolute atomic E-state index is 12.6. The Balaban J connectivity index is 1.42. The van der Waals surface area contributed by atoms with Gasteiger partial charge in [0.1, 0.15) is 23.0 Å². The quantitative estimate of drug-likeness (QED) is 0.508. The highest BCUT2D eigenvalue weighted by Crippen LogP contribution is 2.28. The van der Waals surface area contributed by atoms with Crippen LogP contribution in [-0.2, 0) is 12.0 Å². The van der Waals surface area contributed by atoms with E-state index in [-0.39, 0.29) is 11.3 Å². The summed E-state index contributed by atoms with van der Waals surface area (Å²) in [5.41, 5.74) is 3.24. The van der Waals surface area contributed by atoms with Crippen molar-refractivity contribution in [2.75, 3.05) is 5.32 Å². The van der Waals surface area contributed by atoms with Gasteiger partial charge in [0.15, 0.2) is 0 Å². The first-order valence-corrected chi connectivity index (χ1v) is 10.4. The van der Waals surface area contributed by atoms with Crippen LogP contribution >= 0.6 is 11.3 Å². The Morgan fingerprint density at radius 3 is 2.77 bits per heavy atom. The van der Waals surface area contributed by atoms with E-state index >= 15 is 0 Å². The predicted molar refractivity (Wildman–Crippen MR) is 117 cm³/mol. The number of ether oxygens (including phenoxy) is 1. The van der Waals surface area contributed by atoms with E-state index in [1.54, 1.807) is 18.2 Å². The molecule has 4 aromatic rings. The van der Waals surface area contributed by atoms with Crippen molar-refractivity contribution < 1.29 is 9.53 Å². The van der Waals surface area contributed by atoms with Gasteiger partial charge in [0.25, 0.3) is 5.91 Å². The minimum absolute atomic E-state index is 0.106. The normalized spacial score (nSPS) is 11.6. The highest BCUT2D eigenvalue weighted by molar-refractivity contribution is 7.15. The third kappa shape index (κ3) is 4.49. The summed E-state index contributed by atoms with van der Waals surface area (Å²) in [6, 6.07) is 11.1. The van der Waals surface area contributed by atoms with Crippen molar-refractivity contribution in [3.05, 3.63) is 70.6 Å². The van der Waals surface area contributed by atoms with Gasteiger partial charge >= 0.3 is 0 Å². The topological polar surface area (TPSA) is 81.4 Å². The molecule has 0 bridgehead atoms. The van der Waals surface area contributed by atoms with Crippen LogP contribution in [0, 0.1) is 6.92 Å². The standard InChI is InChI=1S/C22H23N5O2S/c1-14-8-9-18-23-16(12-27(18)11-14)13-29-17-7-5-6-15(10-17)19(28)24-21-26-25-20(30-21)22(2,3)4/h5-12H,13H2,1-4H3,(H,24,26,28). The van der Waals surface area contributed by atoms with Gasteiger partial charge in [-0.1, -0.05) is 44.2 Å². The molecule has 0 unspecified atom stereocenters. The summed E-state index contributed by atoms with van der Waals surface area (Å²) in [6.07, 6.45) is 3.97. The van der Waals surface area contributed by atoms with Crippen LogP contribution in [0.2, 0.25) is 0 Å². The lowest BCUT2D eigenvalue weighted by Crippen LogP contribution is -2.11. The van der Waals surface area contributed by atoms with E-state index < -0.39 is 0 Å². The number of rotatable bonds is 5. The van der Waals surface area contributed by atoms with E-state index in [0.717, 1.165) is 21.9 Å². The first-order valence-electron chi connectivity index (χ1n) is 9.60. The first-order chi connectivity index (χ1) is 14.3. The number of nitrogens with one attached hydrogen (secondary N) is 1. The molecule has 0 aliphatic rings. The lowest BCUT2D eigenvalue weighted by molar-refractivity contribution is 0.102. The van der Waals surface area contributed by atoms with Gasteiger partial charge in [0.05, 0.1) is 5.69 Å². The summed E-state index contributed by atoms with van der Waals surface area (Å²) in [5, 5.41) is 12.4. The third-order valence-corrected chi connectivity index (χ3v) is 5.68. The highest BCUT2D eigenvalue weighted by Gasteiger charge is 2.20. The number of hydrogen-bond donors (Lipinski definition) is 1. The van der Waals surface area contributed by atoms with Gasteiger partial charge in [0.2, 0.25) is 5.13 Å². The minimum atomic E-state index is -0.250. The zero-order valence-electron chi connectivity index (χ0n) is 17.3. The number of aromatic nitrogens is 4. The van der Waals surface area contributed by atoms with Gasteiger partial charge in [-0.05, 0) is 36.8 Å². The van der Waals surface area contributed by atoms with Crippen molar-refractivity contribution >= 4 is 28.0 Å². The van der Waals surface area contributed by atoms with E-state index in [1.165, 1.54) is 11.3 Å². The molecule has 154 valence electrons. The summed E-state index contributed by atoms with van der Waals surface area (Å²) >= 11 is 1.38. The number of benzene rings is 1. The molecule has 0 saturated heterocycles. The third-order valence-electron chi connectivity index (χ3n) is 4.42. The van der Waals surface area contributed by atoms with Crippen LogP contribution < -0.4 is 10.1 Å². The van der Waals surface area contributed by atoms with Gasteiger partial charge in [-0.25, -0.2) is 4.98 Å². The van der Waals surface area contributed by atoms with Crippen molar-refractivity contribution in [2.45, 2.75) is 39.7 Å². The fourth-order valence-corrected chi connectivity index (χ4v) is 3.65. The van der Waals surface area contributed by atoms with Crippen LogP contribution in [0.1, 0.15) is 47.4 Å². The van der Waals surface area contributed by atoms with Gasteiger partial charge in [0, 0.05) is 23.4 Å². The van der Waals surface area contributed by atoms with E-state index in [9.17, 15) is 4.79 Å². The molecule has 3 aromatic heterocycles. The van der Waals surface area contributed by atoms with Gasteiger partial charge in [-0.3, -0.25) is 10.1 Å². The molecule has 1 aromatic carbocycles. The Bertz CT molecular complexity index is 1210. The maximum atomic E-state index is 12.6. The Hall–Kier alpha value is -3.26. The molecule has 4 rings (SSSR count). The summed E-state index contributed by atoms with van der Waals surface area (Å²) in [4.78, 5) is 17.2. The van der Waals surface area contributed by atoms with Crippen molar-refractivity contribution in [3.8, 4) is 5.75 Å². The number of carbonyl (C=O) groups excluding carboxylic acids is 1. The average Bonchev–Trinajstić information content (AvgIpc) is 3.32. The smallest absolute Gasteiger partial charge is 0.257 e. The second kappa shape index (κ2) is 7.87. The van der Waals surface area contributed by atoms with E-state index in [4.69, 9.17) is 4.74 Å². The minimum Gasteiger partial charge on any atom is -0.487 e. The molecule has 0 aliphatic carbocycles. The molecule has 8 heteroatoms. The molecule has 1 N–H and O–H groups in total. The molecule has 0 fully saturated rings. The van der Waals surface area contributed by atoms with Crippen molar-refractivity contribution in [1.82, 2.24) is 19.6 Å². The predicted octanol–water partition coefficient (Wildman–Crippen LogP) is 4.62. The number of hydrogen-bond acceptors (Lipinski definition) is 6. The molecular weight excluding hydrogens is 398 g/mol. The van der Waals surface area contributed by atoms with Crippen LogP contribution in [0.3, 0.4) is 0 Å². The summed E-state index contributed by atoms with van der Waals surface area (Å²) in [7, 11) is 0. The van der Waals surface area contributed by atoms with Crippen molar-refractivity contribution in [2.24, 2.45) is 0 Å². The Morgan fingerprint density at radius 2 is 2.00 bits per heavy atom. The SMILES string of the molecule is Cc1ccc2nc(COc3cccc(C(=O)Nc4nnc(C(C)(C)C)s4)c3)cn2c1. The van der Waals surface area contributed by atoms with Crippen LogP contribution in [0.4, 0.5) is 5.13 Å². The zero-order valence-corrected chi connectivity index (χ0v) is 18.2. The Morgan fingerprint density at radius 1 is 1.17 bits per heavy atom. The average molecular weight is 422 g/mol. The number of nitrogens with zero attached hydrogens (tertiary/aromatic N) is 4. The van der Waals surface area contributed by atoms with Crippen molar-refractivity contribution in [3.63, 3.8) is 0 Å². The number of fused-ring (bicyclic) bond motifs is 1. The number of amides is 1. The molecule has 0 atom stereocenters. The number of aryl methyl sites for hydroxylation is 1. The molecule has 30 heavy (non-hydrogen) atoms. The number of imidazole rings is 1. The molecule has 0 spiro atoms. The molecular formula is C22H23N5O2S. The Kier molecular flexibility index (Phi) is 5.26. The molecule has 0 radical (unpaired) electrons. The molecule has 3 heterocycles. The lowest BCUT2D eigenvalue weighted by Gasteiger charge is -2.12. The van der Waals surface area contributed by atoms with Gasteiger partial charge in [-0.2, -0.15) is 0 Å². The van der Waals surface area contributed by atoms with E-state index in [2.05, 4.69) is 41.3 Å². The molecule has 7 nitrogen and oxygen atoms in total. The number of anilines is 1. The van der Waals surface area contributed by atoms with Crippen LogP contribution in [-0.4, -0.2) is 25.5 Å². The maximum Gasteiger partial charge on any atom is 0.257 e. The summed E-state index contributed by atoms with van der Waals surface area (Å²) < 4.78 is 7.84. The van der Waals surface area contributed by atoms with Crippen molar-refractivity contribution in [1.29, 1.82) is 0 Å². The summed E-state index contributed by atoms with van der Waals surface area (Å²) in [6.45, 7) is 8.54.